The SMILES string of the molecule is CCOC(=O)c1c(C)c(-c2ccc(F)cc2)c[nH]c1=O. The van der Waals surface area contributed by atoms with Crippen LogP contribution in [0.25, 0.3) is 11.1 Å². The fourth-order valence-corrected chi connectivity index (χ4v) is 2.00. The molecule has 2 rings (SSSR count). The maximum absolute atomic E-state index is 12.9. The number of carbonyl (C=O) groups excluding carboxylic acids is 1. The van der Waals surface area contributed by atoms with Gasteiger partial charge in [-0.2, -0.15) is 0 Å². The lowest BCUT2D eigenvalue weighted by molar-refractivity contribution is 0.0523. The van der Waals surface area contributed by atoms with Crippen molar-refractivity contribution in [2.24, 2.45) is 0 Å². The normalized spacial score (nSPS) is 10.3. The van der Waals surface area contributed by atoms with Crippen LogP contribution in [0.2, 0.25) is 0 Å². The van der Waals surface area contributed by atoms with Crippen LogP contribution in [0.5, 0.6) is 0 Å². The molecule has 1 N–H and O–H groups in total. The van der Waals surface area contributed by atoms with Crippen LogP contribution in [0.3, 0.4) is 0 Å². The summed E-state index contributed by atoms with van der Waals surface area (Å²) in [6.45, 7) is 3.53. The molecule has 0 atom stereocenters. The Kier molecular flexibility index (Phi) is 3.98. The summed E-state index contributed by atoms with van der Waals surface area (Å²) >= 11 is 0. The van der Waals surface area contributed by atoms with Crippen molar-refractivity contribution in [3.63, 3.8) is 0 Å². The van der Waals surface area contributed by atoms with Gasteiger partial charge in [0.05, 0.1) is 6.61 Å². The minimum absolute atomic E-state index is 0.0197. The van der Waals surface area contributed by atoms with Crippen LogP contribution in [-0.2, 0) is 4.74 Å². The molecule has 0 unspecified atom stereocenters. The predicted octanol–water partition coefficient (Wildman–Crippen LogP) is 2.67. The van der Waals surface area contributed by atoms with Crippen molar-refractivity contribution in [1.29, 1.82) is 0 Å². The molecule has 1 aromatic carbocycles. The molecular formula is C15H14FNO3. The van der Waals surface area contributed by atoms with Gasteiger partial charge < -0.3 is 9.72 Å². The highest BCUT2D eigenvalue weighted by Crippen LogP contribution is 2.23. The van der Waals surface area contributed by atoms with Gasteiger partial charge in [0.1, 0.15) is 11.4 Å². The average molecular weight is 275 g/mol. The molecular weight excluding hydrogens is 261 g/mol. The summed E-state index contributed by atoms with van der Waals surface area (Å²) in [5, 5.41) is 0. The lowest BCUT2D eigenvalue weighted by Gasteiger charge is -2.10. The molecule has 1 aromatic heterocycles. The van der Waals surface area contributed by atoms with E-state index in [1.165, 1.54) is 18.3 Å². The van der Waals surface area contributed by atoms with Crippen LogP contribution < -0.4 is 5.56 Å². The third kappa shape index (κ3) is 2.61. The Morgan fingerprint density at radius 3 is 2.55 bits per heavy atom. The molecule has 1 heterocycles. The highest BCUT2D eigenvalue weighted by atomic mass is 19.1. The van der Waals surface area contributed by atoms with E-state index in [9.17, 15) is 14.0 Å². The number of pyridine rings is 1. The first-order valence-electron chi connectivity index (χ1n) is 6.20. The fraction of sp³-hybridized carbons (Fsp3) is 0.200. The zero-order valence-electron chi connectivity index (χ0n) is 11.2. The molecule has 0 aliphatic heterocycles. The van der Waals surface area contributed by atoms with E-state index in [2.05, 4.69) is 4.98 Å². The molecule has 104 valence electrons. The van der Waals surface area contributed by atoms with Gasteiger partial charge in [-0.15, -0.1) is 0 Å². The molecule has 0 aliphatic rings. The van der Waals surface area contributed by atoms with E-state index >= 15 is 0 Å². The first-order chi connectivity index (χ1) is 9.54. The number of benzene rings is 1. The van der Waals surface area contributed by atoms with E-state index in [1.54, 1.807) is 26.0 Å². The summed E-state index contributed by atoms with van der Waals surface area (Å²) in [5.74, 6) is -1.00. The summed E-state index contributed by atoms with van der Waals surface area (Å²) in [4.78, 5) is 26.1. The molecule has 20 heavy (non-hydrogen) atoms. The molecule has 0 saturated carbocycles. The van der Waals surface area contributed by atoms with Crippen molar-refractivity contribution < 1.29 is 13.9 Å². The number of esters is 1. The Hall–Kier alpha value is -2.43. The molecule has 4 nitrogen and oxygen atoms in total. The second kappa shape index (κ2) is 5.69. The number of hydrogen-bond donors (Lipinski definition) is 1. The highest BCUT2D eigenvalue weighted by Gasteiger charge is 2.18. The zero-order valence-corrected chi connectivity index (χ0v) is 11.2. The third-order valence-corrected chi connectivity index (χ3v) is 2.99. The topological polar surface area (TPSA) is 59.2 Å². The van der Waals surface area contributed by atoms with Crippen molar-refractivity contribution in [3.8, 4) is 11.1 Å². The summed E-state index contributed by atoms with van der Waals surface area (Å²) in [6.07, 6.45) is 1.51. The van der Waals surface area contributed by atoms with Crippen LogP contribution in [0.4, 0.5) is 4.39 Å². The highest BCUT2D eigenvalue weighted by molar-refractivity contribution is 5.92. The second-order valence-electron chi connectivity index (χ2n) is 4.26. The standard InChI is InChI=1S/C15H14FNO3/c1-3-20-15(19)13-9(2)12(8-17-14(13)18)10-4-6-11(16)7-5-10/h4-8H,3H2,1-2H3,(H,17,18). The summed E-state index contributed by atoms with van der Waals surface area (Å²) in [6, 6.07) is 5.82. The molecule has 0 bridgehead atoms. The number of H-pyrrole nitrogens is 1. The number of carbonyl (C=O) groups is 1. The largest absolute Gasteiger partial charge is 0.462 e. The summed E-state index contributed by atoms with van der Waals surface area (Å²) < 4.78 is 17.8. The zero-order chi connectivity index (χ0) is 14.7. The van der Waals surface area contributed by atoms with Crippen molar-refractivity contribution in [3.05, 3.63) is 57.8 Å². The van der Waals surface area contributed by atoms with Gasteiger partial charge in [0.15, 0.2) is 0 Å². The van der Waals surface area contributed by atoms with Gasteiger partial charge in [-0.3, -0.25) is 4.79 Å². The second-order valence-corrected chi connectivity index (χ2v) is 4.26. The van der Waals surface area contributed by atoms with Gasteiger partial charge in [0.2, 0.25) is 0 Å². The quantitative estimate of drug-likeness (QED) is 0.876. The maximum Gasteiger partial charge on any atom is 0.344 e. The van der Waals surface area contributed by atoms with E-state index in [-0.39, 0.29) is 18.0 Å². The Labute approximate surface area is 115 Å². The van der Waals surface area contributed by atoms with Crippen LogP contribution in [-0.4, -0.2) is 17.6 Å². The van der Waals surface area contributed by atoms with Gasteiger partial charge >= 0.3 is 5.97 Å². The molecule has 0 spiro atoms. The Bertz CT molecular complexity index is 689. The van der Waals surface area contributed by atoms with Crippen molar-refractivity contribution in [2.45, 2.75) is 13.8 Å². The van der Waals surface area contributed by atoms with Crippen molar-refractivity contribution >= 4 is 5.97 Å². The Balaban J connectivity index is 2.56. The van der Waals surface area contributed by atoms with Crippen LogP contribution in [0.15, 0.2) is 35.3 Å². The maximum atomic E-state index is 12.9. The third-order valence-electron chi connectivity index (χ3n) is 2.99. The number of hydrogen-bond acceptors (Lipinski definition) is 3. The van der Waals surface area contributed by atoms with E-state index < -0.39 is 11.5 Å². The molecule has 0 radical (unpaired) electrons. The van der Waals surface area contributed by atoms with Gasteiger partial charge in [-0.05, 0) is 37.1 Å². The number of halogens is 1. The Morgan fingerprint density at radius 2 is 1.95 bits per heavy atom. The molecule has 0 fully saturated rings. The fourth-order valence-electron chi connectivity index (χ4n) is 2.00. The van der Waals surface area contributed by atoms with Gasteiger partial charge in [-0.25, -0.2) is 9.18 Å². The van der Waals surface area contributed by atoms with E-state index in [0.717, 1.165) is 0 Å². The summed E-state index contributed by atoms with van der Waals surface area (Å²) in [7, 11) is 0. The molecule has 0 amide bonds. The number of rotatable bonds is 3. The monoisotopic (exact) mass is 275 g/mol. The first kappa shape index (κ1) is 14.0. The smallest absolute Gasteiger partial charge is 0.344 e. The molecule has 2 aromatic rings. The first-order valence-corrected chi connectivity index (χ1v) is 6.20. The summed E-state index contributed by atoms with van der Waals surface area (Å²) in [5.41, 5.74) is 1.37. The van der Waals surface area contributed by atoms with Gasteiger partial charge in [0, 0.05) is 11.8 Å². The number of ether oxygens (including phenoxy) is 1. The predicted molar refractivity (Wildman–Crippen MR) is 73.2 cm³/mol. The molecule has 5 heteroatoms. The lowest BCUT2D eigenvalue weighted by Crippen LogP contribution is -2.21. The Morgan fingerprint density at radius 1 is 1.30 bits per heavy atom. The van der Waals surface area contributed by atoms with Crippen LogP contribution in [0, 0.1) is 12.7 Å². The van der Waals surface area contributed by atoms with E-state index in [4.69, 9.17) is 4.74 Å². The van der Waals surface area contributed by atoms with E-state index in [0.29, 0.717) is 16.7 Å². The number of aromatic amines is 1. The van der Waals surface area contributed by atoms with Crippen molar-refractivity contribution in [1.82, 2.24) is 4.98 Å². The number of aromatic nitrogens is 1. The minimum Gasteiger partial charge on any atom is -0.462 e. The minimum atomic E-state index is -0.657. The van der Waals surface area contributed by atoms with Gasteiger partial charge in [-0.1, -0.05) is 12.1 Å². The van der Waals surface area contributed by atoms with Crippen molar-refractivity contribution in [2.75, 3.05) is 6.61 Å². The van der Waals surface area contributed by atoms with E-state index in [1.807, 2.05) is 0 Å². The number of nitrogens with one attached hydrogen (secondary N) is 1. The van der Waals surface area contributed by atoms with Gasteiger partial charge in [0.25, 0.3) is 5.56 Å². The molecule has 0 saturated heterocycles. The lowest BCUT2D eigenvalue weighted by atomic mass is 9.99. The molecule has 0 aliphatic carbocycles. The van der Waals surface area contributed by atoms with Crippen LogP contribution in [0.1, 0.15) is 22.8 Å². The van der Waals surface area contributed by atoms with Crippen LogP contribution >= 0.6 is 0 Å². The average Bonchev–Trinajstić information content (AvgIpc) is 2.41.